The molecule has 150 valence electrons. The van der Waals surface area contributed by atoms with Crippen LogP contribution in [0.1, 0.15) is 30.4 Å². The lowest BCUT2D eigenvalue weighted by Crippen LogP contribution is -2.35. The highest BCUT2D eigenvalue weighted by Crippen LogP contribution is 2.21. The van der Waals surface area contributed by atoms with Crippen molar-refractivity contribution in [3.05, 3.63) is 59.7 Å². The van der Waals surface area contributed by atoms with Crippen LogP contribution in [0.5, 0.6) is 5.75 Å². The maximum atomic E-state index is 12.7. The number of hydrogen-bond donors (Lipinski definition) is 1. The summed E-state index contributed by atoms with van der Waals surface area (Å²) < 4.78 is 32.2. The number of carbonyl (C=O) groups excluding carboxylic acids is 1. The highest BCUT2D eigenvalue weighted by molar-refractivity contribution is 7.89. The van der Waals surface area contributed by atoms with Crippen LogP contribution in [-0.4, -0.2) is 38.8 Å². The number of amides is 1. The molecule has 0 atom stereocenters. The number of ether oxygens (including phenoxy) is 1. The molecule has 0 saturated carbocycles. The molecule has 28 heavy (non-hydrogen) atoms. The smallest absolute Gasteiger partial charge is 0.243 e. The number of hydrogen-bond acceptors (Lipinski definition) is 4. The molecule has 6 nitrogen and oxygen atoms in total. The number of nitrogens with one attached hydrogen (secondary N) is 1. The molecule has 0 spiro atoms. The molecule has 0 radical (unpaired) electrons. The van der Waals surface area contributed by atoms with Crippen LogP contribution < -0.4 is 10.1 Å². The summed E-state index contributed by atoms with van der Waals surface area (Å²) in [5, 5.41) is 2.87. The Balaban J connectivity index is 1.58. The van der Waals surface area contributed by atoms with Gasteiger partial charge >= 0.3 is 0 Å². The number of nitrogens with zero attached hydrogens (tertiary/aromatic N) is 1. The van der Waals surface area contributed by atoms with Gasteiger partial charge in [0, 0.05) is 25.2 Å². The summed E-state index contributed by atoms with van der Waals surface area (Å²) in [7, 11) is -1.84. The topological polar surface area (TPSA) is 75.7 Å². The van der Waals surface area contributed by atoms with Crippen molar-refractivity contribution in [2.45, 2.75) is 37.1 Å². The van der Waals surface area contributed by atoms with Crippen molar-refractivity contribution in [1.82, 2.24) is 9.62 Å². The van der Waals surface area contributed by atoms with E-state index < -0.39 is 10.0 Å². The van der Waals surface area contributed by atoms with Crippen LogP contribution in [0.3, 0.4) is 0 Å². The molecule has 2 aromatic carbocycles. The zero-order valence-electron chi connectivity index (χ0n) is 16.1. The van der Waals surface area contributed by atoms with E-state index in [1.165, 1.54) is 0 Å². The van der Waals surface area contributed by atoms with E-state index >= 15 is 0 Å². The van der Waals surface area contributed by atoms with Crippen molar-refractivity contribution in [2.24, 2.45) is 0 Å². The Morgan fingerprint density at radius 2 is 1.71 bits per heavy atom. The van der Waals surface area contributed by atoms with Crippen LogP contribution in [0, 0.1) is 0 Å². The molecule has 7 heteroatoms. The molecule has 1 heterocycles. The largest absolute Gasteiger partial charge is 0.496 e. The van der Waals surface area contributed by atoms with Crippen molar-refractivity contribution < 1.29 is 17.9 Å². The van der Waals surface area contributed by atoms with Gasteiger partial charge in [0.1, 0.15) is 5.75 Å². The molecule has 1 aliphatic heterocycles. The van der Waals surface area contributed by atoms with E-state index in [0.717, 1.165) is 36.1 Å². The van der Waals surface area contributed by atoms with E-state index in [4.69, 9.17) is 4.74 Å². The second-order valence-corrected chi connectivity index (χ2v) is 8.81. The molecule has 2 aromatic rings. The molecule has 1 N–H and O–H groups in total. The lowest BCUT2D eigenvalue weighted by Gasteiger charge is -2.25. The Morgan fingerprint density at radius 1 is 1.04 bits per heavy atom. The molecule has 1 amide bonds. The third-order valence-corrected chi connectivity index (χ3v) is 6.82. The van der Waals surface area contributed by atoms with Crippen molar-refractivity contribution >= 4 is 15.9 Å². The molecule has 0 bridgehead atoms. The second kappa shape index (κ2) is 9.21. The first kappa shape index (κ1) is 20.4. The average Bonchev–Trinajstić information content (AvgIpc) is 2.73. The summed E-state index contributed by atoms with van der Waals surface area (Å²) in [5.41, 5.74) is 1.68. The predicted octanol–water partition coefficient (Wildman–Crippen LogP) is 2.73. The van der Waals surface area contributed by atoms with Gasteiger partial charge in [0.25, 0.3) is 0 Å². The average molecular weight is 403 g/mol. The molecule has 0 unspecified atom stereocenters. The molecular formula is C21H26N2O4S. The molecular weight excluding hydrogens is 376 g/mol. The summed E-state index contributed by atoms with van der Waals surface area (Å²) in [6.45, 7) is 1.54. The van der Waals surface area contributed by atoms with E-state index in [0.29, 0.717) is 19.6 Å². The van der Waals surface area contributed by atoms with Gasteiger partial charge in [-0.05, 0) is 36.6 Å². The number of carbonyl (C=O) groups is 1. The van der Waals surface area contributed by atoms with Crippen molar-refractivity contribution in [1.29, 1.82) is 0 Å². The number of benzene rings is 2. The summed E-state index contributed by atoms with van der Waals surface area (Å²) in [5.74, 6) is 0.604. The summed E-state index contributed by atoms with van der Waals surface area (Å²) >= 11 is 0. The van der Waals surface area contributed by atoms with Gasteiger partial charge in [-0.1, -0.05) is 36.8 Å². The zero-order valence-corrected chi connectivity index (χ0v) is 16.9. The fourth-order valence-corrected chi connectivity index (χ4v) is 4.84. The Hall–Kier alpha value is -2.38. The Morgan fingerprint density at radius 3 is 2.39 bits per heavy atom. The van der Waals surface area contributed by atoms with Crippen LogP contribution in [0.25, 0.3) is 0 Å². The summed E-state index contributed by atoms with van der Waals surface area (Å²) in [6, 6.07) is 14.1. The van der Waals surface area contributed by atoms with E-state index in [-0.39, 0.29) is 17.2 Å². The van der Waals surface area contributed by atoms with Crippen molar-refractivity contribution in [3.63, 3.8) is 0 Å². The third kappa shape index (κ3) is 4.91. The number of methoxy groups -OCH3 is 1. The molecule has 3 rings (SSSR count). The van der Waals surface area contributed by atoms with Gasteiger partial charge in [0.2, 0.25) is 15.9 Å². The zero-order chi connectivity index (χ0) is 20.0. The maximum absolute atomic E-state index is 12.7. The minimum absolute atomic E-state index is 0.127. The second-order valence-electron chi connectivity index (χ2n) is 6.87. The summed E-state index contributed by atoms with van der Waals surface area (Å²) in [6.07, 6.45) is 3.08. The predicted molar refractivity (Wildman–Crippen MR) is 108 cm³/mol. The molecule has 0 aliphatic carbocycles. The SMILES string of the molecule is COc1ccccc1CNC(=O)Cc1ccc(S(=O)(=O)N2CCCCC2)cc1. The van der Waals surface area contributed by atoms with Crippen LogP contribution >= 0.6 is 0 Å². The normalized spacial score (nSPS) is 15.2. The Bertz CT molecular complexity index is 904. The van der Waals surface area contributed by atoms with Gasteiger partial charge in [-0.15, -0.1) is 0 Å². The first-order valence-corrected chi connectivity index (χ1v) is 10.9. The highest BCUT2D eigenvalue weighted by Gasteiger charge is 2.25. The van der Waals surface area contributed by atoms with E-state index in [2.05, 4.69) is 5.32 Å². The van der Waals surface area contributed by atoms with Crippen LogP contribution in [-0.2, 0) is 27.8 Å². The van der Waals surface area contributed by atoms with Crippen molar-refractivity contribution in [3.8, 4) is 5.75 Å². The quantitative estimate of drug-likeness (QED) is 0.773. The number of sulfonamides is 1. The summed E-state index contributed by atoms with van der Waals surface area (Å²) in [4.78, 5) is 12.5. The fraction of sp³-hybridized carbons (Fsp3) is 0.381. The Labute approximate surface area is 166 Å². The highest BCUT2D eigenvalue weighted by atomic mass is 32.2. The van der Waals surface area contributed by atoms with Gasteiger partial charge in [-0.2, -0.15) is 4.31 Å². The van der Waals surface area contributed by atoms with Gasteiger partial charge in [-0.25, -0.2) is 8.42 Å². The molecule has 0 aromatic heterocycles. The first-order chi connectivity index (χ1) is 13.5. The lowest BCUT2D eigenvalue weighted by molar-refractivity contribution is -0.120. The molecule has 1 aliphatic rings. The van der Waals surface area contributed by atoms with Crippen LogP contribution in [0.2, 0.25) is 0 Å². The maximum Gasteiger partial charge on any atom is 0.243 e. The monoisotopic (exact) mass is 402 g/mol. The standard InChI is InChI=1S/C21H26N2O4S/c1-27-20-8-4-3-7-18(20)16-22-21(24)15-17-9-11-19(12-10-17)28(25,26)23-13-5-2-6-14-23/h3-4,7-12H,2,5-6,13-16H2,1H3,(H,22,24). The van der Waals surface area contributed by atoms with E-state index in [9.17, 15) is 13.2 Å². The van der Waals surface area contributed by atoms with Crippen LogP contribution in [0.4, 0.5) is 0 Å². The third-order valence-electron chi connectivity index (χ3n) is 4.91. The van der Waals surface area contributed by atoms with Crippen LogP contribution in [0.15, 0.2) is 53.4 Å². The minimum Gasteiger partial charge on any atom is -0.496 e. The molecule has 1 fully saturated rings. The van der Waals surface area contributed by atoms with Gasteiger partial charge < -0.3 is 10.1 Å². The number of para-hydroxylation sites is 1. The van der Waals surface area contributed by atoms with Gasteiger partial charge in [0.15, 0.2) is 0 Å². The van der Waals surface area contributed by atoms with Gasteiger partial charge in [-0.3, -0.25) is 4.79 Å². The number of rotatable bonds is 7. The van der Waals surface area contributed by atoms with Crippen molar-refractivity contribution in [2.75, 3.05) is 20.2 Å². The molecule has 1 saturated heterocycles. The minimum atomic E-state index is -3.44. The lowest BCUT2D eigenvalue weighted by atomic mass is 10.1. The number of piperidine rings is 1. The Kier molecular flexibility index (Phi) is 6.70. The first-order valence-electron chi connectivity index (χ1n) is 9.48. The van der Waals surface area contributed by atoms with E-state index in [1.54, 1.807) is 35.7 Å². The van der Waals surface area contributed by atoms with Gasteiger partial charge in [0.05, 0.1) is 18.4 Å². The fourth-order valence-electron chi connectivity index (χ4n) is 3.32. The van der Waals surface area contributed by atoms with E-state index in [1.807, 2.05) is 24.3 Å².